The van der Waals surface area contributed by atoms with Crippen LogP contribution >= 0.6 is 0 Å². The lowest BCUT2D eigenvalue weighted by atomic mass is 10.0. The molecule has 2 atom stereocenters. The van der Waals surface area contributed by atoms with E-state index in [1.165, 1.54) is 0 Å². The number of anilines is 1. The van der Waals surface area contributed by atoms with Gasteiger partial charge < -0.3 is 15.7 Å². The van der Waals surface area contributed by atoms with E-state index in [1.807, 2.05) is 43.3 Å². The fourth-order valence-corrected chi connectivity index (χ4v) is 2.38. The molecule has 3 N–H and O–H groups in total. The number of hydrogen-bond acceptors (Lipinski definition) is 4. The Labute approximate surface area is 141 Å². The molecule has 2 rings (SSSR count). The fourth-order valence-electron chi connectivity index (χ4n) is 2.38. The Bertz CT molecular complexity index is 693. The molecule has 0 aliphatic heterocycles. The highest BCUT2D eigenvalue weighted by molar-refractivity contribution is 5.80. The number of nitriles is 1. The zero-order valence-electron chi connectivity index (χ0n) is 13.6. The van der Waals surface area contributed by atoms with Crippen molar-refractivity contribution in [3.63, 3.8) is 0 Å². The summed E-state index contributed by atoms with van der Waals surface area (Å²) in [5.74, 6) is -0.146. The highest BCUT2D eigenvalue weighted by Crippen LogP contribution is 2.17. The number of aliphatic hydroxyl groups excluding tert-OH is 1. The Morgan fingerprint density at radius 3 is 2.46 bits per heavy atom. The van der Waals surface area contributed by atoms with Crippen molar-refractivity contribution in [2.45, 2.75) is 25.5 Å². The molecule has 0 aliphatic carbocycles. The van der Waals surface area contributed by atoms with Crippen LogP contribution < -0.4 is 10.6 Å². The van der Waals surface area contributed by atoms with Gasteiger partial charge in [0.15, 0.2) is 0 Å². The molecule has 24 heavy (non-hydrogen) atoms. The van der Waals surface area contributed by atoms with Gasteiger partial charge in [-0.05, 0) is 43.2 Å². The second-order valence-electron chi connectivity index (χ2n) is 5.67. The monoisotopic (exact) mass is 323 g/mol. The third kappa shape index (κ3) is 5.41. The summed E-state index contributed by atoms with van der Waals surface area (Å²) in [5.41, 5.74) is 2.20. The van der Waals surface area contributed by atoms with Gasteiger partial charge >= 0.3 is 0 Å². The van der Waals surface area contributed by atoms with Crippen molar-refractivity contribution in [3.8, 4) is 6.07 Å². The molecule has 124 valence electrons. The molecule has 2 aromatic carbocycles. The minimum absolute atomic E-state index is 0.137. The molecule has 5 heteroatoms. The van der Waals surface area contributed by atoms with Crippen LogP contribution in [0.15, 0.2) is 54.6 Å². The molecule has 0 fully saturated rings. The van der Waals surface area contributed by atoms with E-state index in [1.54, 1.807) is 24.3 Å². The zero-order valence-corrected chi connectivity index (χ0v) is 13.6. The van der Waals surface area contributed by atoms with E-state index in [0.29, 0.717) is 12.0 Å². The number of nitrogens with zero attached hydrogens (tertiary/aromatic N) is 1. The summed E-state index contributed by atoms with van der Waals surface area (Å²) in [4.78, 5) is 12.0. The van der Waals surface area contributed by atoms with Crippen LogP contribution in [0.1, 0.15) is 30.6 Å². The maximum atomic E-state index is 12.0. The Morgan fingerprint density at radius 2 is 1.83 bits per heavy atom. The van der Waals surface area contributed by atoms with Gasteiger partial charge in [-0.1, -0.05) is 30.3 Å². The average molecular weight is 323 g/mol. The summed E-state index contributed by atoms with van der Waals surface area (Å²) in [6, 6.07) is 18.2. The molecule has 5 nitrogen and oxygen atoms in total. The average Bonchev–Trinajstić information content (AvgIpc) is 2.61. The fraction of sp³-hybridized carbons (Fsp3) is 0.263. The van der Waals surface area contributed by atoms with Gasteiger partial charge in [0.05, 0.1) is 24.3 Å². The van der Waals surface area contributed by atoms with Crippen LogP contribution in [0.5, 0.6) is 0 Å². The zero-order chi connectivity index (χ0) is 17.4. The molecule has 2 aromatic rings. The smallest absolute Gasteiger partial charge is 0.239 e. The number of hydrogen-bond donors (Lipinski definition) is 3. The summed E-state index contributed by atoms with van der Waals surface area (Å²) < 4.78 is 0. The van der Waals surface area contributed by atoms with Crippen molar-refractivity contribution in [2.24, 2.45) is 0 Å². The predicted octanol–water partition coefficient (Wildman–Crippen LogP) is 2.60. The van der Waals surface area contributed by atoms with E-state index in [-0.39, 0.29) is 18.5 Å². The van der Waals surface area contributed by atoms with Gasteiger partial charge in [0.1, 0.15) is 0 Å². The molecule has 0 aromatic heterocycles. The first-order valence-electron chi connectivity index (χ1n) is 7.85. The Morgan fingerprint density at radius 1 is 1.17 bits per heavy atom. The summed E-state index contributed by atoms with van der Waals surface area (Å²) in [6.45, 7) is 2.00. The summed E-state index contributed by atoms with van der Waals surface area (Å²) in [5, 5.41) is 24.8. The molecule has 0 heterocycles. The molecular formula is C19H21N3O2. The number of benzene rings is 2. The predicted molar refractivity (Wildman–Crippen MR) is 93.3 cm³/mol. The molecule has 2 unspecified atom stereocenters. The number of amides is 1. The quantitative estimate of drug-likeness (QED) is 0.731. The lowest BCUT2D eigenvalue weighted by Gasteiger charge is -2.18. The second-order valence-corrected chi connectivity index (χ2v) is 5.67. The molecule has 0 radical (unpaired) electrons. The number of carbonyl (C=O) groups excluding carboxylic acids is 1. The lowest BCUT2D eigenvalue weighted by molar-refractivity contribution is -0.120. The Hall–Kier alpha value is -2.84. The van der Waals surface area contributed by atoms with Crippen LogP contribution in [0, 0.1) is 11.3 Å². The number of nitrogens with one attached hydrogen (secondary N) is 2. The van der Waals surface area contributed by atoms with Gasteiger partial charge in [0.2, 0.25) is 5.91 Å². The maximum Gasteiger partial charge on any atom is 0.239 e. The molecule has 0 spiro atoms. The van der Waals surface area contributed by atoms with Gasteiger partial charge in [0, 0.05) is 11.7 Å². The highest BCUT2D eigenvalue weighted by Gasteiger charge is 2.14. The summed E-state index contributed by atoms with van der Waals surface area (Å²) in [6.07, 6.45) is -0.153. The van der Waals surface area contributed by atoms with Gasteiger partial charge in [0.25, 0.3) is 0 Å². The normalized spacial score (nSPS) is 12.7. The van der Waals surface area contributed by atoms with Gasteiger partial charge in [-0.2, -0.15) is 5.26 Å². The van der Waals surface area contributed by atoms with Crippen LogP contribution in [-0.2, 0) is 4.79 Å². The van der Waals surface area contributed by atoms with E-state index < -0.39 is 6.10 Å². The van der Waals surface area contributed by atoms with Gasteiger partial charge in [-0.3, -0.25) is 4.79 Å². The van der Waals surface area contributed by atoms with Crippen molar-refractivity contribution in [3.05, 3.63) is 65.7 Å². The molecule has 1 amide bonds. The molecule has 0 saturated heterocycles. The summed E-state index contributed by atoms with van der Waals surface area (Å²) >= 11 is 0. The van der Waals surface area contributed by atoms with E-state index in [0.717, 1.165) is 11.3 Å². The SMILES string of the molecule is CC(CC(O)c1ccccc1)NC(=O)CNc1ccc(C#N)cc1. The third-order valence-electron chi connectivity index (χ3n) is 3.64. The van der Waals surface area contributed by atoms with Crippen LogP contribution in [0.2, 0.25) is 0 Å². The number of rotatable bonds is 7. The Balaban J connectivity index is 1.76. The van der Waals surface area contributed by atoms with Crippen molar-refractivity contribution in [1.82, 2.24) is 5.32 Å². The van der Waals surface area contributed by atoms with Crippen LogP contribution in [0.25, 0.3) is 0 Å². The van der Waals surface area contributed by atoms with Crippen molar-refractivity contribution >= 4 is 11.6 Å². The van der Waals surface area contributed by atoms with E-state index in [4.69, 9.17) is 5.26 Å². The molecule has 0 saturated carbocycles. The number of carbonyl (C=O) groups is 1. The topological polar surface area (TPSA) is 85.2 Å². The van der Waals surface area contributed by atoms with Crippen molar-refractivity contribution in [2.75, 3.05) is 11.9 Å². The first-order valence-corrected chi connectivity index (χ1v) is 7.85. The maximum absolute atomic E-state index is 12.0. The standard InChI is InChI=1S/C19H21N3O2/c1-14(11-18(23)16-5-3-2-4-6-16)22-19(24)13-21-17-9-7-15(12-20)8-10-17/h2-10,14,18,21,23H,11,13H2,1H3,(H,22,24). The molecule has 0 aliphatic rings. The van der Waals surface area contributed by atoms with E-state index >= 15 is 0 Å². The van der Waals surface area contributed by atoms with Crippen LogP contribution in [-0.4, -0.2) is 23.6 Å². The third-order valence-corrected chi connectivity index (χ3v) is 3.64. The Kier molecular flexibility index (Phi) is 6.35. The first kappa shape index (κ1) is 17.5. The van der Waals surface area contributed by atoms with Crippen molar-refractivity contribution < 1.29 is 9.90 Å². The first-order chi connectivity index (χ1) is 11.6. The summed E-state index contributed by atoms with van der Waals surface area (Å²) in [7, 11) is 0. The lowest BCUT2D eigenvalue weighted by Crippen LogP contribution is -2.37. The minimum atomic E-state index is -0.604. The molecular weight excluding hydrogens is 302 g/mol. The van der Waals surface area contributed by atoms with Crippen molar-refractivity contribution in [1.29, 1.82) is 5.26 Å². The minimum Gasteiger partial charge on any atom is -0.388 e. The van der Waals surface area contributed by atoms with Gasteiger partial charge in [-0.25, -0.2) is 0 Å². The largest absolute Gasteiger partial charge is 0.388 e. The molecule has 0 bridgehead atoms. The van der Waals surface area contributed by atoms with Crippen LogP contribution in [0.3, 0.4) is 0 Å². The van der Waals surface area contributed by atoms with Gasteiger partial charge in [-0.15, -0.1) is 0 Å². The second kappa shape index (κ2) is 8.70. The van der Waals surface area contributed by atoms with E-state index in [2.05, 4.69) is 10.6 Å². The highest BCUT2D eigenvalue weighted by atomic mass is 16.3. The van der Waals surface area contributed by atoms with Crippen LogP contribution in [0.4, 0.5) is 5.69 Å². The number of aliphatic hydroxyl groups is 1. The van der Waals surface area contributed by atoms with E-state index in [9.17, 15) is 9.90 Å².